The minimum absolute atomic E-state index is 0.176. The largest absolute Gasteiger partial charge is 0.345 e. The van der Waals surface area contributed by atoms with E-state index in [1.54, 1.807) is 0 Å². The third-order valence-corrected chi connectivity index (χ3v) is 6.26. The fraction of sp³-hybridized carbons (Fsp3) is 0.308. The van der Waals surface area contributed by atoms with Crippen LogP contribution in [-0.4, -0.2) is 7.05 Å². The first-order valence-corrected chi connectivity index (χ1v) is 10.2. The monoisotopic (exact) mass is 355 g/mol. The van der Waals surface area contributed by atoms with Crippen LogP contribution in [0.4, 0.5) is 11.4 Å². The maximum absolute atomic E-state index is 2.36. The molecule has 0 radical (unpaired) electrons. The number of hydrogen-bond donors (Lipinski definition) is 0. The Morgan fingerprint density at radius 3 is 1.74 bits per heavy atom. The molecule has 0 heterocycles. The van der Waals surface area contributed by atoms with Gasteiger partial charge in [0.2, 0.25) is 0 Å². The highest BCUT2D eigenvalue weighted by molar-refractivity contribution is 5.63. The van der Waals surface area contributed by atoms with E-state index in [0.717, 1.165) is 0 Å². The minimum atomic E-state index is 0.176. The Bertz CT molecular complexity index is 856. The molecule has 0 amide bonds. The Balaban J connectivity index is 1.68. The van der Waals surface area contributed by atoms with Crippen LogP contribution < -0.4 is 4.90 Å². The van der Waals surface area contributed by atoms with Crippen molar-refractivity contribution >= 4 is 11.4 Å². The smallest absolute Gasteiger partial charge is 0.0408 e. The Kier molecular flexibility index (Phi) is 5.03. The standard InChI is InChI=1S/C26H29N/c1-21-11-13-22(14-12-21)26(19-7-4-8-20-26)23-15-17-25(18-16-23)27(2)24-9-5-3-6-10-24/h3,5-6,9-18H,4,7-8,19-20H2,1-2H3. The quantitative estimate of drug-likeness (QED) is 0.486. The van der Waals surface area contributed by atoms with Crippen LogP contribution in [0.1, 0.15) is 48.8 Å². The third kappa shape index (κ3) is 3.51. The molecule has 1 nitrogen and oxygen atoms in total. The molecule has 3 aromatic rings. The molecular weight excluding hydrogens is 326 g/mol. The van der Waals surface area contributed by atoms with E-state index in [1.807, 2.05) is 0 Å². The van der Waals surface area contributed by atoms with E-state index in [2.05, 4.69) is 97.7 Å². The van der Waals surface area contributed by atoms with Gasteiger partial charge in [0.1, 0.15) is 0 Å². The van der Waals surface area contributed by atoms with Crippen molar-refractivity contribution in [1.29, 1.82) is 0 Å². The van der Waals surface area contributed by atoms with E-state index in [-0.39, 0.29) is 5.41 Å². The molecule has 3 aromatic carbocycles. The fourth-order valence-corrected chi connectivity index (χ4v) is 4.58. The molecule has 0 aliphatic heterocycles. The van der Waals surface area contributed by atoms with Gasteiger partial charge in [0.25, 0.3) is 0 Å². The molecule has 4 rings (SSSR count). The number of rotatable bonds is 4. The zero-order valence-electron chi connectivity index (χ0n) is 16.5. The van der Waals surface area contributed by atoms with Gasteiger partial charge < -0.3 is 4.90 Å². The molecule has 0 spiro atoms. The number of anilines is 2. The Labute approximate surface area is 163 Å². The van der Waals surface area contributed by atoms with E-state index in [4.69, 9.17) is 0 Å². The number of aryl methyl sites for hydroxylation is 1. The van der Waals surface area contributed by atoms with Crippen molar-refractivity contribution in [1.82, 2.24) is 0 Å². The second-order valence-electron chi connectivity index (χ2n) is 7.95. The first kappa shape index (κ1) is 17.9. The molecule has 1 saturated carbocycles. The van der Waals surface area contributed by atoms with Crippen LogP contribution in [0.25, 0.3) is 0 Å². The van der Waals surface area contributed by atoms with Crippen LogP contribution in [0.2, 0.25) is 0 Å². The summed E-state index contributed by atoms with van der Waals surface area (Å²) in [4.78, 5) is 2.25. The van der Waals surface area contributed by atoms with Crippen molar-refractivity contribution in [3.63, 3.8) is 0 Å². The molecule has 0 N–H and O–H groups in total. The van der Waals surface area contributed by atoms with Crippen molar-refractivity contribution in [2.75, 3.05) is 11.9 Å². The maximum Gasteiger partial charge on any atom is 0.0408 e. The maximum atomic E-state index is 2.36. The molecule has 0 saturated heterocycles. The molecule has 27 heavy (non-hydrogen) atoms. The van der Waals surface area contributed by atoms with Crippen molar-refractivity contribution in [3.8, 4) is 0 Å². The van der Waals surface area contributed by atoms with Crippen LogP contribution in [-0.2, 0) is 5.41 Å². The summed E-state index contributed by atoms with van der Waals surface area (Å²) in [5.41, 5.74) is 6.92. The van der Waals surface area contributed by atoms with Gasteiger partial charge in [-0.05, 0) is 55.2 Å². The predicted octanol–water partition coefficient (Wildman–Crippen LogP) is 7.01. The van der Waals surface area contributed by atoms with Gasteiger partial charge in [-0.15, -0.1) is 0 Å². The SMILES string of the molecule is Cc1ccc(C2(c3ccc(N(C)c4ccccc4)cc3)CCCCC2)cc1. The highest BCUT2D eigenvalue weighted by Crippen LogP contribution is 2.45. The minimum Gasteiger partial charge on any atom is -0.345 e. The summed E-state index contributed by atoms with van der Waals surface area (Å²) in [6.45, 7) is 2.17. The molecule has 0 aromatic heterocycles. The molecule has 0 unspecified atom stereocenters. The summed E-state index contributed by atoms with van der Waals surface area (Å²) in [6, 6.07) is 29.1. The lowest BCUT2D eigenvalue weighted by molar-refractivity contribution is 0.346. The molecular formula is C26H29N. The zero-order chi connectivity index (χ0) is 18.7. The highest BCUT2D eigenvalue weighted by atomic mass is 15.1. The number of hydrogen-bond acceptors (Lipinski definition) is 1. The van der Waals surface area contributed by atoms with Crippen molar-refractivity contribution in [2.45, 2.75) is 44.4 Å². The van der Waals surface area contributed by atoms with Gasteiger partial charge in [0.05, 0.1) is 0 Å². The third-order valence-electron chi connectivity index (χ3n) is 6.26. The van der Waals surface area contributed by atoms with Gasteiger partial charge in [-0.2, -0.15) is 0 Å². The van der Waals surface area contributed by atoms with Gasteiger partial charge in [-0.1, -0.05) is 79.4 Å². The highest BCUT2D eigenvalue weighted by Gasteiger charge is 2.35. The number of benzene rings is 3. The molecule has 1 heteroatoms. The lowest BCUT2D eigenvalue weighted by atomic mass is 9.65. The second kappa shape index (κ2) is 7.60. The lowest BCUT2D eigenvalue weighted by Gasteiger charge is -2.39. The summed E-state index contributed by atoms with van der Waals surface area (Å²) in [5, 5.41) is 0. The van der Waals surface area contributed by atoms with E-state index in [1.165, 1.54) is 60.2 Å². The van der Waals surface area contributed by atoms with Gasteiger partial charge in [-0.3, -0.25) is 0 Å². The average Bonchev–Trinajstić information content (AvgIpc) is 2.75. The number of para-hydroxylation sites is 1. The van der Waals surface area contributed by atoms with Crippen molar-refractivity contribution < 1.29 is 0 Å². The van der Waals surface area contributed by atoms with Crippen molar-refractivity contribution in [3.05, 3.63) is 95.6 Å². The van der Waals surface area contributed by atoms with Crippen LogP contribution >= 0.6 is 0 Å². The molecule has 0 bridgehead atoms. The van der Waals surface area contributed by atoms with Gasteiger partial charge in [0, 0.05) is 23.8 Å². The van der Waals surface area contributed by atoms with E-state index in [0.29, 0.717) is 0 Å². The Hall–Kier alpha value is -2.54. The van der Waals surface area contributed by atoms with Gasteiger partial charge in [-0.25, -0.2) is 0 Å². The molecule has 1 fully saturated rings. The van der Waals surface area contributed by atoms with Gasteiger partial charge in [0.15, 0.2) is 0 Å². The van der Waals surface area contributed by atoms with E-state index < -0.39 is 0 Å². The van der Waals surface area contributed by atoms with E-state index >= 15 is 0 Å². The summed E-state index contributed by atoms with van der Waals surface area (Å²) >= 11 is 0. The molecule has 0 atom stereocenters. The van der Waals surface area contributed by atoms with Crippen LogP contribution in [0.5, 0.6) is 0 Å². The second-order valence-corrected chi connectivity index (χ2v) is 7.95. The topological polar surface area (TPSA) is 3.24 Å². The summed E-state index contributed by atoms with van der Waals surface area (Å²) in [5.74, 6) is 0. The molecule has 138 valence electrons. The van der Waals surface area contributed by atoms with Gasteiger partial charge >= 0.3 is 0 Å². The zero-order valence-corrected chi connectivity index (χ0v) is 16.5. The average molecular weight is 356 g/mol. The Morgan fingerprint density at radius 1 is 0.630 bits per heavy atom. The number of nitrogens with zero attached hydrogens (tertiary/aromatic N) is 1. The lowest BCUT2D eigenvalue weighted by Crippen LogP contribution is -2.30. The summed E-state index contributed by atoms with van der Waals surface area (Å²) in [7, 11) is 2.14. The molecule has 1 aliphatic carbocycles. The normalized spacial score (nSPS) is 16.1. The Morgan fingerprint density at radius 2 is 1.15 bits per heavy atom. The first-order chi connectivity index (χ1) is 13.2. The van der Waals surface area contributed by atoms with Crippen LogP contribution in [0, 0.1) is 6.92 Å². The van der Waals surface area contributed by atoms with E-state index in [9.17, 15) is 0 Å². The first-order valence-electron chi connectivity index (χ1n) is 10.2. The molecule has 1 aliphatic rings. The van der Waals surface area contributed by atoms with Crippen molar-refractivity contribution in [2.24, 2.45) is 0 Å². The fourth-order valence-electron chi connectivity index (χ4n) is 4.58. The predicted molar refractivity (Wildman–Crippen MR) is 116 cm³/mol. The summed E-state index contributed by atoms with van der Waals surface area (Å²) in [6.07, 6.45) is 6.51. The summed E-state index contributed by atoms with van der Waals surface area (Å²) < 4.78 is 0. The van der Waals surface area contributed by atoms with Crippen LogP contribution in [0.15, 0.2) is 78.9 Å². The van der Waals surface area contributed by atoms with Crippen LogP contribution in [0.3, 0.4) is 0 Å².